The lowest BCUT2D eigenvalue weighted by molar-refractivity contribution is -0.117. The highest BCUT2D eigenvalue weighted by Gasteiger charge is 2.41. The van der Waals surface area contributed by atoms with Crippen molar-refractivity contribution in [3.63, 3.8) is 0 Å². The van der Waals surface area contributed by atoms with Gasteiger partial charge in [-0.25, -0.2) is 0 Å². The summed E-state index contributed by atoms with van der Waals surface area (Å²) in [6.07, 6.45) is 8.94. The van der Waals surface area contributed by atoms with Crippen LogP contribution in [0.3, 0.4) is 0 Å². The topological polar surface area (TPSA) is 38.3 Å². The highest BCUT2D eigenvalue weighted by Crippen LogP contribution is 2.49. The number of amides is 1. The van der Waals surface area contributed by atoms with Crippen molar-refractivity contribution in [3.05, 3.63) is 35.9 Å². The van der Waals surface area contributed by atoms with E-state index in [2.05, 4.69) is 12.2 Å². The van der Waals surface area contributed by atoms with Crippen LogP contribution >= 0.6 is 0 Å². The van der Waals surface area contributed by atoms with E-state index in [9.17, 15) is 4.79 Å². The van der Waals surface area contributed by atoms with Crippen LogP contribution in [0.5, 0.6) is 5.75 Å². The van der Waals surface area contributed by atoms with Crippen LogP contribution in [-0.4, -0.2) is 18.6 Å². The molecule has 2 saturated carbocycles. The van der Waals surface area contributed by atoms with Gasteiger partial charge in [-0.3, -0.25) is 4.79 Å². The van der Waals surface area contributed by atoms with Gasteiger partial charge >= 0.3 is 0 Å². The zero-order chi connectivity index (χ0) is 16.2. The number of carbonyl (C=O) groups is 1. The molecular formula is C20H27NO2. The molecule has 0 aliphatic heterocycles. The zero-order valence-electron chi connectivity index (χ0n) is 14.1. The molecule has 3 heteroatoms. The summed E-state index contributed by atoms with van der Waals surface area (Å²) in [6, 6.07) is 8.07. The van der Waals surface area contributed by atoms with Gasteiger partial charge in [0.2, 0.25) is 5.91 Å². The van der Waals surface area contributed by atoms with Crippen LogP contribution in [0, 0.1) is 17.8 Å². The zero-order valence-corrected chi connectivity index (χ0v) is 14.1. The Balaban J connectivity index is 1.50. The maximum atomic E-state index is 12.1. The molecule has 0 spiro atoms. The summed E-state index contributed by atoms with van der Waals surface area (Å²) >= 11 is 0. The Labute approximate surface area is 139 Å². The van der Waals surface area contributed by atoms with E-state index in [4.69, 9.17) is 4.74 Å². The van der Waals surface area contributed by atoms with Gasteiger partial charge in [-0.15, -0.1) is 0 Å². The number of hydrogen-bond acceptors (Lipinski definition) is 2. The van der Waals surface area contributed by atoms with Crippen molar-refractivity contribution >= 4 is 12.0 Å². The normalized spacial score (nSPS) is 27.3. The van der Waals surface area contributed by atoms with Crippen LogP contribution < -0.4 is 10.1 Å². The molecule has 3 nitrogen and oxygen atoms in total. The fraction of sp³-hybridized carbons (Fsp3) is 0.550. The molecular weight excluding hydrogens is 286 g/mol. The van der Waals surface area contributed by atoms with E-state index in [1.807, 2.05) is 37.3 Å². The number of nitrogens with one attached hydrogen (secondary N) is 1. The maximum Gasteiger partial charge on any atom is 0.244 e. The molecule has 0 aromatic heterocycles. The van der Waals surface area contributed by atoms with Crippen molar-refractivity contribution in [2.24, 2.45) is 17.8 Å². The second kappa shape index (κ2) is 7.20. The Morgan fingerprint density at radius 3 is 2.70 bits per heavy atom. The van der Waals surface area contributed by atoms with E-state index < -0.39 is 0 Å². The van der Waals surface area contributed by atoms with Crippen LogP contribution in [0.1, 0.15) is 45.1 Å². The van der Waals surface area contributed by atoms with Gasteiger partial charge in [0.15, 0.2) is 0 Å². The fourth-order valence-corrected chi connectivity index (χ4v) is 4.30. The van der Waals surface area contributed by atoms with Crippen LogP contribution in [0.15, 0.2) is 30.3 Å². The Kier molecular flexibility index (Phi) is 5.04. The SMILES string of the molecule is CCOc1ccc(/C=C/C(=O)NC(C)C2CC3CCC2C3)cc1. The van der Waals surface area contributed by atoms with Gasteiger partial charge < -0.3 is 10.1 Å². The van der Waals surface area contributed by atoms with Crippen LogP contribution in [-0.2, 0) is 4.79 Å². The van der Waals surface area contributed by atoms with Crippen LogP contribution in [0.2, 0.25) is 0 Å². The minimum atomic E-state index is 0.00848. The molecule has 124 valence electrons. The third kappa shape index (κ3) is 3.95. The van der Waals surface area contributed by atoms with Gasteiger partial charge in [0.25, 0.3) is 0 Å². The number of fused-ring (bicyclic) bond motifs is 2. The monoisotopic (exact) mass is 313 g/mol. The van der Waals surface area contributed by atoms with Gasteiger partial charge in [-0.2, -0.15) is 0 Å². The molecule has 0 radical (unpaired) electrons. The second-order valence-electron chi connectivity index (χ2n) is 6.97. The van der Waals surface area contributed by atoms with Crippen LogP contribution in [0.25, 0.3) is 6.08 Å². The summed E-state index contributed by atoms with van der Waals surface area (Å²) in [4.78, 5) is 12.1. The van der Waals surface area contributed by atoms with E-state index in [0.29, 0.717) is 12.5 Å². The number of carbonyl (C=O) groups excluding carboxylic acids is 1. The Bertz CT molecular complexity index is 564. The van der Waals surface area contributed by atoms with Gasteiger partial charge in [-0.1, -0.05) is 18.6 Å². The van der Waals surface area contributed by atoms with Gasteiger partial charge in [-0.05, 0) is 74.6 Å². The average molecular weight is 313 g/mol. The lowest BCUT2D eigenvalue weighted by atomic mass is 9.84. The van der Waals surface area contributed by atoms with Crippen molar-refractivity contribution in [2.75, 3.05) is 6.61 Å². The summed E-state index contributed by atoms with van der Waals surface area (Å²) in [5.74, 6) is 3.30. The molecule has 2 fully saturated rings. The second-order valence-corrected chi connectivity index (χ2v) is 6.97. The molecule has 1 amide bonds. The van der Waals surface area contributed by atoms with Crippen molar-refractivity contribution < 1.29 is 9.53 Å². The molecule has 0 saturated heterocycles. The van der Waals surface area contributed by atoms with Crippen molar-refractivity contribution in [2.45, 2.75) is 45.6 Å². The summed E-state index contributed by atoms with van der Waals surface area (Å²) in [6.45, 7) is 4.79. The molecule has 2 aliphatic rings. The Morgan fingerprint density at radius 2 is 2.09 bits per heavy atom. The highest BCUT2D eigenvalue weighted by atomic mass is 16.5. The molecule has 23 heavy (non-hydrogen) atoms. The average Bonchev–Trinajstić information content (AvgIpc) is 3.17. The molecule has 1 aromatic rings. The first-order valence-electron chi connectivity index (χ1n) is 8.87. The molecule has 4 atom stereocenters. The van der Waals surface area contributed by atoms with Crippen molar-refractivity contribution in [1.29, 1.82) is 0 Å². The predicted molar refractivity (Wildman–Crippen MR) is 93.2 cm³/mol. The first-order chi connectivity index (χ1) is 11.2. The Hall–Kier alpha value is -1.77. The van der Waals surface area contributed by atoms with E-state index in [-0.39, 0.29) is 11.9 Å². The summed E-state index contributed by atoms with van der Waals surface area (Å²) in [5.41, 5.74) is 1.01. The third-order valence-electron chi connectivity index (χ3n) is 5.42. The lowest BCUT2D eigenvalue weighted by Crippen LogP contribution is -2.39. The van der Waals surface area contributed by atoms with E-state index >= 15 is 0 Å². The van der Waals surface area contributed by atoms with Crippen molar-refractivity contribution in [1.82, 2.24) is 5.32 Å². The Morgan fingerprint density at radius 1 is 1.30 bits per heavy atom. The molecule has 2 aliphatic carbocycles. The molecule has 1 aromatic carbocycles. The minimum Gasteiger partial charge on any atom is -0.494 e. The minimum absolute atomic E-state index is 0.00848. The predicted octanol–water partition coefficient (Wildman–Crippen LogP) is 4.04. The van der Waals surface area contributed by atoms with Gasteiger partial charge in [0.05, 0.1) is 6.61 Å². The molecule has 2 bridgehead atoms. The number of ether oxygens (including phenoxy) is 1. The largest absolute Gasteiger partial charge is 0.494 e. The first-order valence-corrected chi connectivity index (χ1v) is 8.87. The molecule has 0 heterocycles. The fourth-order valence-electron chi connectivity index (χ4n) is 4.30. The van der Waals surface area contributed by atoms with Crippen molar-refractivity contribution in [3.8, 4) is 5.75 Å². The molecule has 1 N–H and O–H groups in total. The first kappa shape index (κ1) is 16.1. The van der Waals surface area contributed by atoms with E-state index in [1.54, 1.807) is 6.08 Å². The van der Waals surface area contributed by atoms with Gasteiger partial charge in [0.1, 0.15) is 5.75 Å². The third-order valence-corrected chi connectivity index (χ3v) is 5.42. The number of hydrogen-bond donors (Lipinski definition) is 1. The lowest BCUT2D eigenvalue weighted by Gasteiger charge is -2.28. The maximum absolute atomic E-state index is 12.1. The van der Waals surface area contributed by atoms with E-state index in [1.165, 1.54) is 25.7 Å². The standard InChI is InChI=1S/C20H27NO2/c1-3-23-18-9-5-15(6-10-18)7-11-20(22)21-14(2)19-13-16-4-8-17(19)12-16/h5-7,9-11,14,16-17,19H,3-4,8,12-13H2,1-2H3,(H,21,22)/b11-7+. The quantitative estimate of drug-likeness (QED) is 0.805. The van der Waals surface area contributed by atoms with Crippen LogP contribution in [0.4, 0.5) is 0 Å². The summed E-state index contributed by atoms with van der Waals surface area (Å²) in [5, 5.41) is 3.16. The summed E-state index contributed by atoms with van der Waals surface area (Å²) in [7, 11) is 0. The summed E-state index contributed by atoms with van der Waals surface area (Å²) < 4.78 is 5.42. The smallest absolute Gasteiger partial charge is 0.244 e. The van der Waals surface area contributed by atoms with E-state index in [0.717, 1.165) is 23.1 Å². The molecule has 4 unspecified atom stereocenters. The number of rotatable bonds is 6. The number of benzene rings is 1. The highest BCUT2D eigenvalue weighted by molar-refractivity contribution is 5.91. The molecule has 3 rings (SSSR count). The van der Waals surface area contributed by atoms with Gasteiger partial charge in [0, 0.05) is 12.1 Å².